The van der Waals surface area contributed by atoms with E-state index in [-0.39, 0.29) is 5.78 Å². The molecule has 1 aromatic carbocycles. The fourth-order valence-corrected chi connectivity index (χ4v) is 2.34. The number of ketones is 1. The first kappa shape index (κ1) is 11.6. The van der Waals surface area contributed by atoms with E-state index in [0.29, 0.717) is 10.7 Å². The Morgan fingerprint density at radius 1 is 1.35 bits per heavy atom. The summed E-state index contributed by atoms with van der Waals surface area (Å²) in [5.41, 5.74) is 6.72. The molecule has 0 fully saturated rings. The fraction of sp³-hybridized carbons (Fsp3) is 0.167. The van der Waals surface area contributed by atoms with Gasteiger partial charge in [-0.25, -0.2) is 4.98 Å². The van der Waals surface area contributed by atoms with Gasteiger partial charge in [-0.2, -0.15) is 0 Å². The van der Waals surface area contributed by atoms with E-state index in [4.69, 9.17) is 5.73 Å². The zero-order valence-corrected chi connectivity index (χ0v) is 10.5. The molecule has 0 radical (unpaired) electrons. The van der Waals surface area contributed by atoms with Gasteiger partial charge in [0.25, 0.3) is 0 Å². The molecule has 1 aromatic heterocycles. The minimum Gasteiger partial charge on any atom is -0.382 e. The summed E-state index contributed by atoms with van der Waals surface area (Å²) in [4.78, 5) is 17.9. The van der Waals surface area contributed by atoms with E-state index < -0.39 is 0 Å². The Balaban J connectivity index is 2.35. The van der Waals surface area contributed by atoms with Gasteiger partial charge in [0.2, 0.25) is 0 Å². The van der Waals surface area contributed by atoms with Gasteiger partial charge in [-0.3, -0.25) is 4.79 Å². The molecule has 88 valence electrons. The molecule has 0 spiro atoms. The van der Waals surface area contributed by atoms with Crippen molar-refractivity contribution in [3.8, 4) is 0 Å². The monoisotopic (exact) mass is 247 g/mol. The third-order valence-corrected chi connectivity index (χ3v) is 3.64. The summed E-state index contributed by atoms with van der Waals surface area (Å²) in [7, 11) is 1.90. The minimum absolute atomic E-state index is 0.0484. The normalized spacial score (nSPS) is 10.2. The van der Waals surface area contributed by atoms with Crippen molar-refractivity contribution in [1.82, 2.24) is 4.98 Å². The van der Waals surface area contributed by atoms with Crippen LogP contribution < -0.4 is 10.6 Å². The molecule has 0 saturated carbocycles. The Morgan fingerprint density at radius 3 is 2.53 bits per heavy atom. The number of Topliss-reactive ketones (excluding diaryl/α,β-unsaturated/α-hetero) is 1. The van der Waals surface area contributed by atoms with E-state index in [0.717, 1.165) is 10.8 Å². The summed E-state index contributed by atoms with van der Waals surface area (Å²) in [5, 5.41) is 0.721. The van der Waals surface area contributed by atoms with Crippen LogP contribution in [0.1, 0.15) is 16.6 Å². The predicted molar refractivity (Wildman–Crippen MR) is 71.0 cm³/mol. The molecule has 0 aliphatic heterocycles. The van der Waals surface area contributed by atoms with Crippen LogP contribution in [0.3, 0.4) is 0 Å². The van der Waals surface area contributed by atoms with Crippen LogP contribution in [-0.4, -0.2) is 17.8 Å². The van der Waals surface area contributed by atoms with Crippen molar-refractivity contribution < 1.29 is 4.79 Å². The maximum Gasteiger partial charge on any atom is 0.192 e. The Kier molecular flexibility index (Phi) is 3.10. The summed E-state index contributed by atoms with van der Waals surface area (Å²) < 4.78 is 0. The van der Waals surface area contributed by atoms with Gasteiger partial charge in [-0.1, -0.05) is 29.5 Å². The van der Waals surface area contributed by atoms with Gasteiger partial charge >= 0.3 is 0 Å². The maximum atomic E-state index is 11.3. The Morgan fingerprint density at radius 2 is 2.00 bits per heavy atom. The summed E-state index contributed by atoms with van der Waals surface area (Å²) in [5.74, 6) is 0.257. The van der Waals surface area contributed by atoms with Crippen LogP contribution in [0.25, 0.3) is 0 Å². The number of thiazole rings is 1. The molecule has 0 aliphatic rings. The molecule has 0 saturated heterocycles. The van der Waals surface area contributed by atoms with Gasteiger partial charge in [0, 0.05) is 19.7 Å². The Labute approximate surface area is 104 Å². The van der Waals surface area contributed by atoms with E-state index in [9.17, 15) is 4.79 Å². The second kappa shape index (κ2) is 4.55. The largest absolute Gasteiger partial charge is 0.382 e. The number of rotatable bonds is 3. The zero-order chi connectivity index (χ0) is 12.4. The average Bonchev–Trinajstić information content (AvgIpc) is 2.71. The van der Waals surface area contributed by atoms with Gasteiger partial charge in [0.05, 0.1) is 0 Å². The number of para-hydroxylation sites is 1. The Hall–Kier alpha value is -1.88. The summed E-state index contributed by atoms with van der Waals surface area (Å²) in [6.45, 7) is 1.50. The first-order valence-electron chi connectivity index (χ1n) is 5.15. The van der Waals surface area contributed by atoms with Crippen LogP contribution >= 0.6 is 11.3 Å². The summed E-state index contributed by atoms with van der Waals surface area (Å²) in [6.07, 6.45) is 0. The number of nitrogens with zero attached hydrogens (tertiary/aromatic N) is 2. The number of carbonyl (C=O) groups excluding carboxylic acids is 1. The molecule has 2 rings (SSSR count). The lowest BCUT2D eigenvalue weighted by Gasteiger charge is -2.15. The number of aromatic nitrogens is 1. The maximum absolute atomic E-state index is 11.3. The van der Waals surface area contributed by atoms with Gasteiger partial charge < -0.3 is 10.6 Å². The number of benzene rings is 1. The lowest BCUT2D eigenvalue weighted by atomic mass is 10.3. The highest BCUT2D eigenvalue weighted by atomic mass is 32.1. The van der Waals surface area contributed by atoms with Crippen LogP contribution in [0.5, 0.6) is 0 Å². The zero-order valence-electron chi connectivity index (χ0n) is 9.68. The third-order valence-electron chi connectivity index (χ3n) is 2.39. The molecular formula is C12H13N3OS. The number of hydrogen-bond donors (Lipinski definition) is 1. The highest BCUT2D eigenvalue weighted by molar-refractivity contribution is 7.18. The molecule has 4 nitrogen and oxygen atoms in total. The number of hydrogen-bond acceptors (Lipinski definition) is 5. The first-order chi connectivity index (χ1) is 8.09. The second-order valence-electron chi connectivity index (χ2n) is 3.66. The van der Waals surface area contributed by atoms with Crippen LogP contribution in [0, 0.1) is 0 Å². The Bertz CT molecular complexity index is 536. The highest BCUT2D eigenvalue weighted by Gasteiger charge is 2.15. The van der Waals surface area contributed by atoms with Crippen LogP contribution in [0.4, 0.5) is 16.6 Å². The topological polar surface area (TPSA) is 59.2 Å². The molecule has 0 aliphatic carbocycles. The molecule has 0 amide bonds. The number of nitrogen functional groups attached to an aromatic ring is 1. The number of nitrogens with two attached hydrogens (primary N) is 1. The van der Waals surface area contributed by atoms with Gasteiger partial charge in [0.15, 0.2) is 10.9 Å². The fourth-order valence-electron chi connectivity index (χ4n) is 1.48. The first-order valence-corrected chi connectivity index (χ1v) is 5.97. The van der Waals surface area contributed by atoms with Crippen molar-refractivity contribution >= 4 is 33.8 Å². The van der Waals surface area contributed by atoms with Gasteiger partial charge in [-0.15, -0.1) is 0 Å². The highest BCUT2D eigenvalue weighted by Crippen LogP contribution is 2.31. The third kappa shape index (κ3) is 2.29. The van der Waals surface area contributed by atoms with Crippen molar-refractivity contribution in [1.29, 1.82) is 0 Å². The summed E-state index contributed by atoms with van der Waals surface area (Å²) in [6, 6.07) is 9.81. The van der Waals surface area contributed by atoms with Gasteiger partial charge in [-0.05, 0) is 12.1 Å². The molecular weight excluding hydrogens is 234 g/mol. The molecule has 2 N–H and O–H groups in total. The van der Waals surface area contributed by atoms with Crippen molar-refractivity contribution in [2.45, 2.75) is 6.92 Å². The molecule has 0 atom stereocenters. The van der Waals surface area contributed by atoms with Crippen LogP contribution in [0.2, 0.25) is 0 Å². The quantitative estimate of drug-likeness (QED) is 0.847. The van der Waals surface area contributed by atoms with E-state index in [2.05, 4.69) is 4.98 Å². The van der Waals surface area contributed by atoms with E-state index in [1.165, 1.54) is 18.3 Å². The minimum atomic E-state index is -0.0484. The number of carbonyl (C=O) groups is 1. The molecule has 0 unspecified atom stereocenters. The molecule has 17 heavy (non-hydrogen) atoms. The molecule has 0 bridgehead atoms. The standard InChI is InChI=1S/C12H13N3OS/c1-8(16)10-11(13)14-12(17-10)15(2)9-6-4-3-5-7-9/h3-7H,13H2,1-2H3. The average molecular weight is 247 g/mol. The van der Waals surface area contributed by atoms with Crippen LogP contribution in [0.15, 0.2) is 30.3 Å². The lowest BCUT2D eigenvalue weighted by molar-refractivity contribution is 0.102. The smallest absolute Gasteiger partial charge is 0.192 e. The lowest BCUT2D eigenvalue weighted by Crippen LogP contribution is -2.08. The SMILES string of the molecule is CC(=O)c1sc(N(C)c2ccccc2)nc1N. The van der Waals surface area contributed by atoms with Crippen LogP contribution in [-0.2, 0) is 0 Å². The second-order valence-corrected chi connectivity index (χ2v) is 4.64. The molecule has 5 heteroatoms. The van der Waals surface area contributed by atoms with Crippen molar-refractivity contribution in [2.75, 3.05) is 17.7 Å². The van der Waals surface area contributed by atoms with Crippen molar-refractivity contribution in [2.24, 2.45) is 0 Å². The van der Waals surface area contributed by atoms with E-state index >= 15 is 0 Å². The van der Waals surface area contributed by atoms with Gasteiger partial charge in [0.1, 0.15) is 10.7 Å². The van der Waals surface area contributed by atoms with Crippen molar-refractivity contribution in [3.63, 3.8) is 0 Å². The molecule has 2 aromatic rings. The van der Waals surface area contributed by atoms with Crippen molar-refractivity contribution in [3.05, 3.63) is 35.2 Å². The van der Waals surface area contributed by atoms with E-state index in [1.54, 1.807) is 0 Å². The predicted octanol–water partition coefficient (Wildman–Crippen LogP) is 2.70. The molecule has 1 heterocycles. The summed E-state index contributed by atoms with van der Waals surface area (Å²) >= 11 is 1.31. The van der Waals surface area contributed by atoms with E-state index in [1.807, 2.05) is 42.3 Å². The number of anilines is 3.